The Morgan fingerprint density at radius 2 is 1.89 bits per heavy atom. The summed E-state index contributed by atoms with van der Waals surface area (Å²) in [5, 5.41) is 19.2. The van der Waals surface area contributed by atoms with Crippen LogP contribution in [0.5, 0.6) is 11.5 Å². The third-order valence-electron chi connectivity index (χ3n) is 5.03. The third-order valence-corrected chi connectivity index (χ3v) is 5.03. The summed E-state index contributed by atoms with van der Waals surface area (Å²) in [4.78, 5) is 25.7. The van der Waals surface area contributed by atoms with Crippen LogP contribution >= 0.6 is 0 Å². The number of ether oxygens (including phenoxy) is 1. The summed E-state index contributed by atoms with van der Waals surface area (Å²) in [6, 6.07) is 14.2. The van der Waals surface area contributed by atoms with E-state index in [2.05, 4.69) is 0 Å². The molecular formula is C22H25NO5. The Labute approximate surface area is 164 Å². The standard InChI is InChI=1S/C22H25NO5/c24-20-11-10-18(28-15-16-6-2-1-3-7-16)14-19(20)22(27)23-13-5-4-8-17(23)9-12-21(25)26/h1-3,6-7,10-11,14,17,24H,4-5,8-9,12-13,15H2,(H,25,26). The number of carboxylic acid groups (broad SMARTS) is 1. The van der Waals surface area contributed by atoms with Gasteiger partial charge in [0.1, 0.15) is 18.1 Å². The van der Waals surface area contributed by atoms with E-state index in [9.17, 15) is 14.7 Å². The van der Waals surface area contributed by atoms with E-state index in [1.807, 2.05) is 30.3 Å². The van der Waals surface area contributed by atoms with Crippen molar-refractivity contribution in [2.24, 2.45) is 0 Å². The Bertz CT molecular complexity index is 821. The van der Waals surface area contributed by atoms with Gasteiger partial charge < -0.3 is 19.8 Å². The number of piperidine rings is 1. The van der Waals surface area contributed by atoms with Gasteiger partial charge in [0.15, 0.2) is 0 Å². The number of aliphatic carboxylic acids is 1. The molecule has 1 saturated heterocycles. The zero-order chi connectivity index (χ0) is 19.9. The summed E-state index contributed by atoms with van der Waals surface area (Å²) in [6.45, 7) is 0.932. The van der Waals surface area contributed by atoms with Crippen LogP contribution in [0, 0.1) is 0 Å². The van der Waals surface area contributed by atoms with Gasteiger partial charge in [-0.2, -0.15) is 0 Å². The average molecular weight is 383 g/mol. The lowest BCUT2D eigenvalue weighted by molar-refractivity contribution is -0.137. The van der Waals surface area contributed by atoms with Gasteiger partial charge in [0.2, 0.25) is 0 Å². The maximum Gasteiger partial charge on any atom is 0.303 e. The van der Waals surface area contributed by atoms with E-state index >= 15 is 0 Å². The second-order valence-electron chi connectivity index (χ2n) is 7.03. The molecular weight excluding hydrogens is 358 g/mol. The van der Waals surface area contributed by atoms with Gasteiger partial charge in [-0.25, -0.2) is 0 Å². The minimum atomic E-state index is -0.864. The average Bonchev–Trinajstić information content (AvgIpc) is 2.72. The molecule has 0 spiro atoms. The number of carboxylic acids is 1. The van der Waals surface area contributed by atoms with Crippen LogP contribution in [0.1, 0.15) is 48.0 Å². The molecule has 148 valence electrons. The molecule has 1 unspecified atom stereocenters. The van der Waals surface area contributed by atoms with Crippen molar-refractivity contribution in [1.29, 1.82) is 0 Å². The lowest BCUT2D eigenvalue weighted by Gasteiger charge is -2.36. The molecule has 0 aromatic heterocycles. The van der Waals surface area contributed by atoms with Gasteiger partial charge in [0.05, 0.1) is 5.56 Å². The zero-order valence-corrected chi connectivity index (χ0v) is 15.7. The van der Waals surface area contributed by atoms with E-state index in [1.165, 1.54) is 6.07 Å². The minimum Gasteiger partial charge on any atom is -0.507 e. The monoisotopic (exact) mass is 383 g/mol. The number of likely N-dealkylation sites (tertiary alicyclic amines) is 1. The number of amides is 1. The Balaban J connectivity index is 1.73. The Hall–Kier alpha value is -3.02. The number of phenols is 1. The second-order valence-corrected chi connectivity index (χ2v) is 7.03. The summed E-state index contributed by atoms with van der Waals surface area (Å²) in [5.74, 6) is -0.737. The summed E-state index contributed by atoms with van der Waals surface area (Å²) in [6.07, 6.45) is 3.08. The van der Waals surface area contributed by atoms with Crippen LogP contribution in [-0.4, -0.2) is 39.6 Å². The summed E-state index contributed by atoms with van der Waals surface area (Å²) in [7, 11) is 0. The van der Waals surface area contributed by atoms with Crippen LogP contribution < -0.4 is 4.74 Å². The largest absolute Gasteiger partial charge is 0.507 e. The highest BCUT2D eigenvalue weighted by atomic mass is 16.5. The first-order valence-electron chi connectivity index (χ1n) is 9.57. The van der Waals surface area contributed by atoms with Crippen molar-refractivity contribution in [2.45, 2.75) is 44.8 Å². The summed E-state index contributed by atoms with van der Waals surface area (Å²) in [5.41, 5.74) is 1.20. The van der Waals surface area contributed by atoms with Crippen molar-refractivity contribution < 1.29 is 24.5 Å². The molecule has 0 aliphatic carbocycles. The lowest BCUT2D eigenvalue weighted by atomic mass is 9.96. The predicted molar refractivity (Wildman–Crippen MR) is 104 cm³/mol. The predicted octanol–water partition coefficient (Wildman–Crippen LogP) is 3.83. The number of aromatic hydroxyl groups is 1. The van der Waals surface area contributed by atoms with Gasteiger partial charge in [0.25, 0.3) is 5.91 Å². The molecule has 28 heavy (non-hydrogen) atoms. The number of hydrogen-bond acceptors (Lipinski definition) is 4. The van der Waals surface area contributed by atoms with Crippen LogP contribution in [0.15, 0.2) is 48.5 Å². The lowest BCUT2D eigenvalue weighted by Crippen LogP contribution is -2.44. The molecule has 1 atom stereocenters. The summed E-state index contributed by atoms with van der Waals surface area (Å²) < 4.78 is 5.77. The molecule has 1 heterocycles. The van der Waals surface area contributed by atoms with E-state index in [-0.39, 0.29) is 29.7 Å². The number of carbonyl (C=O) groups excluding carboxylic acids is 1. The third kappa shape index (κ3) is 5.03. The van der Waals surface area contributed by atoms with Crippen molar-refractivity contribution in [3.8, 4) is 11.5 Å². The molecule has 6 nitrogen and oxygen atoms in total. The Kier molecular flexibility index (Phi) is 6.53. The minimum absolute atomic E-state index is 0.0284. The molecule has 2 aromatic rings. The maximum absolute atomic E-state index is 13.1. The SMILES string of the molecule is O=C(O)CCC1CCCCN1C(=O)c1cc(OCc2ccccc2)ccc1O. The quantitative estimate of drug-likeness (QED) is 0.759. The smallest absolute Gasteiger partial charge is 0.303 e. The number of hydrogen-bond donors (Lipinski definition) is 2. The maximum atomic E-state index is 13.1. The molecule has 0 saturated carbocycles. The van der Waals surface area contributed by atoms with Gasteiger partial charge in [-0.1, -0.05) is 30.3 Å². The first-order chi connectivity index (χ1) is 13.5. The van der Waals surface area contributed by atoms with Gasteiger partial charge in [-0.15, -0.1) is 0 Å². The number of carbonyl (C=O) groups is 2. The van der Waals surface area contributed by atoms with Crippen molar-refractivity contribution in [3.63, 3.8) is 0 Å². The molecule has 1 aliphatic heterocycles. The molecule has 2 aromatic carbocycles. The topological polar surface area (TPSA) is 87.1 Å². The van der Waals surface area contributed by atoms with Gasteiger partial charge in [-0.3, -0.25) is 9.59 Å². The zero-order valence-electron chi connectivity index (χ0n) is 15.7. The fourth-order valence-corrected chi connectivity index (χ4v) is 3.53. The van der Waals surface area contributed by atoms with Crippen LogP contribution in [0.4, 0.5) is 0 Å². The van der Waals surface area contributed by atoms with Crippen LogP contribution in [-0.2, 0) is 11.4 Å². The number of nitrogens with zero attached hydrogens (tertiary/aromatic N) is 1. The highest BCUT2D eigenvalue weighted by molar-refractivity contribution is 5.97. The van der Waals surface area contributed by atoms with E-state index in [1.54, 1.807) is 17.0 Å². The first-order valence-corrected chi connectivity index (χ1v) is 9.57. The van der Waals surface area contributed by atoms with Crippen LogP contribution in [0.3, 0.4) is 0 Å². The molecule has 0 bridgehead atoms. The van der Waals surface area contributed by atoms with E-state index in [0.29, 0.717) is 25.3 Å². The van der Waals surface area contributed by atoms with E-state index in [4.69, 9.17) is 9.84 Å². The van der Waals surface area contributed by atoms with Crippen molar-refractivity contribution in [3.05, 3.63) is 59.7 Å². The number of phenolic OH excluding ortho intramolecular Hbond substituents is 1. The van der Waals surface area contributed by atoms with Crippen molar-refractivity contribution >= 4 is 11.9 Å². The first kappa shape index (κ1) is 19.7. The Morgan fingerprint density at radius 1 is 1.11 bits per heavy atom. The van der Waals surface area contributed by atoms with Crippen LogP contribution in [0.25, 0.3) is 0 Å². The molecule has 0 radical (unpaired) electrons. The van der Waals surface area contributed by atoms with Gasteiger partial charge in [0, 0.05) is 19.0 Å². The highest BCUT2D eigenvalue weighted by Gasteiger charge is 2.29. The highest BCUT2D eigenvalue weighted by Crippen LogP contribution is 2.29. The number of benzene rings is 2. The van der Waals surface area contributed by atoms with Gasteiger partial charge in [-0.05, 0) is 49.4 Å². The fourth-order valence-electron chi connectivity index (χ4n) is 3.53. The number of rotatable bonds is 7. The van der Waals surface area contributed by atoms with Crippen LogP contribution in [0.2, 0.25) is 0 Å². The van der Waals surface area contributed by atoms with Crippen molar-refractivity contribution in [2.75, 3.05) is 6.54 Å². The Morgan fingerprint density at radius 3 is 2.64 bits per heavy atom. The van der Waals surface area contributed by atoms with E-state index < -0.39 is 5.97 Å². The molecule has 1 aliphatic rings. The van der Waals surface area contributed by atoms with E-state index in [0.717, 1.165) is 24.8 Å². The molecule has 2 N–H and O–H groups in total. The molecule has 3 rings (SSSR count). The second kappa shape index (κ2) is 9.26. The molecule has 6 heteroatoms. The molecule has 1 amide bonds. The summed E-state index contributed by atoms with van der Waals surface area (Å²) >= 11 is 0. The van der Waals surface area contributed by atoms with Crippen molar-refractivity contribution in [1.82, 2.24) is 4.90 Å². The normalized spacial score (nSPS) is 16.6. The van der Waals surface area contributed by atoms with Gasteiger partial charge >= 0.3 is 5.97 Å². The molecule has 1 fully saturated rings. The fraction of sp³-hybridized carbons (Fsp3) is 0.364.